The van der Waals surface area contributed by atoms with Crippen molar-refractivity contribution in [1.29, 1.82) is 0 Å². The van der Waals surface area contributed by atoms with Gasteiger partial charge in [-0.3, -0.25) is 0 Å². The highest BCUT2D eigenvalue weighted by Gasteiger charge is 2.22. The molecule has 0 unspecified atom stereocenters. The van der Waals surface area contributed by atoms with E-state index in [2.05, 4.69) is 194 Å². The lowest BCUT2D eigenvalue weighted by Crippen LogP contribution is -1.96. The molecule has 0 radical (unpaired) electrons. The number of fused-ring (bicyclic) bond motifs is 4. The average Bonchev–Trinajstić information content (AvgIpc) is 3.61. The largest absolute Gasteiger partial charge is 0.228 e. The standard InChI is InChI=1S/C54H34N2/c1-3-13-36(14-4-1)51-34-52(37-15-5-2-6-16-37)56-54(55-51)38-27-25-35(26-28-38)42-32-39-17-7-8-20-43(39)50(33-42)41-19-11-18-40(31-41)44-29-30-49-46-22-10-9-21-45(46)48-24-12-23-47(44)53(48)49/h1-34H. The number of nitrogens with zero attached hydrogens (tertiary/aromatic N) is 2. The van der Waals surface area contributed by atoms with Crippen molar-refractivity contribution in [3.8, 4) is 89.5 Å². The molecule has 11 rings (SSSR count). The minimum absolute atomic E-state index is 0.708. The summed E-state index contributed by atoms with van der Waals surface area (Å²) in [4.78, 5) is 10.1. The summed E-state index contributed by atoms with van der Waals surface area (Å²) in [5.41, 5.74) is 17.4. The van der Waals surface area contributed by atoms with Crippen LogP contribution in [0.2, 0.25) is 0 Å². The minimum Gasteiger partial charge on any atom is -0.228 e. The quantitative estimate of drug-likeness (QED) is 0.172. The predicted molar refractivity (Wildman–Crippen MR) is 234 cm³/mol. The maximum atomic E-state index is 5.06. The molecule has 0 saturated carbocycles. The van der Waals surface area contributed by atoms with Crippen LogP contribution in [-0.4, -0.2) is 9.97 Å². The van der Waals surface area contributed by atoms with Gasteiger partial charge in [0.1, 0.15) is 0 Å². The SMILES string of the molecule is c1ccc(-c2cc(-c3ccccc3)nc(-c3ccc(-c4cc(-c5cccc(-c6ccc7c8c(cccc68)-c6ccccc6-7)c5)c5ccccc5c4)cc3)n2)cc1. The smallest absolute Gasteiger partial charge is 0.160 e. The van der Waals surface area contributed by atoms with Crippen LogP contribution in [0.5, 0.6) is 0 Å². The van der Waals surface area contributed by atoms with Crippen molar-refractivity contribution >= 4 is 21.5 Å². The van der Waals surface area contributed by atoms with Crippen molar-refractivity contribution < 1.29 is 0 Å². The van der Waals surface area contributed by atoms with E-state index in [1.807, 2.05) is 12.1 Å². The molecule has 0 N–H and O–H groups in total. The van der Waals surface area contributed by atoms with Crippen LogP contribution in [0.4, 0.5) is 0 Å². The number of aromatic nitrogens is 2. The first-order valence-electron chi connectivity index (χ1n) is 19.1. The van der Waals surface area contributed by atoms with Crippen LogP contribution >= 0.6 is 0 Å². The fourth-order valence-electron chi connectivity index (χ4n) is 8.53. The van der Waals surface area contributed by atoms with Crippen LogP contribution < -0.4 is 0 Å². The third kappa shape index (κ3) is 5.42. The summed E-state index contributed by atoms with van der Waals surface area (Å²) in [7, 11) is 0. The molecule has 1 aliphatic carbocycles. The molecule has 0 spiro atoms. The van der Waals surface area contributed by atoms with Crippen LogP contribution in [0, 0.1) is 0 Å². The zero-order valence-corrected chi connectivity index (χ0v) is 30.5. The normalized spacial score (nSPS) is 11.6. The Morgan fingerprint density at radius 1 is 0.250 bits per heavy atom. The maximum absolute atomic E-state index is 5.06. The first-order chi connectivity index (χ1) is 27.7. The second-order valence-electron chi connectivity index (χ2n) is 14.5. The van der Waals surface area contributed by atoms with Crippen molar-refractivity contribution in [3.63, 3.8) is 0 Å². The maximum Gasteiger partial charge on any atom is 0.160 e. The molecule has 0 atom stereocenters. The Labute approximate surface area is 326 Å². The van der Waals surface area contributed by atoms with Crippen molar-refractivity contribution in [2.24, 2.45) is 0 Å². The van der Waals surface area contributed by atoms with Gasteiger partial charge >= 0.3 is 0 Å². The molecule has 0 amide bonds. The molecule has 10 aromatic rings. The van der Waals surface area contributed by atoms with E-state index in [0.717, 1.165) is 33.6 Å². The second-order valence-corrected chi connectivity index (χ2v) is 14.5. The Hall–Kier alpha value is -7.42. The van der Waals surface area contributed by atoms with E-state index in [9.17, 15) is 0 Å². The van der Waals surface area contributed by atoms with E-state index in [-0.39, 0.29) is 0 Å². The number of benzene rings is 9. The molecule has 1 aliphatic rings. The predicted octanol–water partition coefficient (Wildman–Crippen LogP) is 14.4. The van der Waals surface area contributed by atoms with E-state index >= 15 is 0 Å². The molecule has 0 saturated heterocycles. The van der Waals surface area contributed by atoms with Crippen LogP contribution in [0.1, 0.15) is 0 Å². The summed E-state index contributed by atoms with van der Waals surface area (Å²) in [6.45, 7) is 0. The fourth-order valence-corrected chi connectivity index (χ4v) is 8.53. The highest BCUT2D eigenvalue weighted by atomic mass is 14.9. The summed E-state index contributed by atoms with van der Waals surface area (Å²) < 4.78 is 0. The summed E-state index contributed by atoms with van der Waals surface area (Å²) in [6.07, 6.45) is 0. The minimum atomic E-state index is 0.708. The van der Waals surface area contributed by atoms with E-state index in [0.29, 0.717) is 5.82 Å². The number of hydrogen-bond acceptors (Lipinski definition) is 2. The molecule has 0 bridgehead atoms. The molecule has 1 aromatic heterocycles. The Morgan fingerprint density at radius 3 is 1.48 bits per heavy atom. The molecule has 56 heavy (non-hydrogen) atoms. The summed E-state index contributed by atoms with van der Waals surface area (Å²) >= 11 is 0. The van der Waals surface area contributed by atoms with Crippen molar-refractivity contribution in [2.75, 3.05) is 0 Å². The van der Waals surface area contributed by atoms with E-state index in [1.54, 1.807) is 0 Å². The van der Waals surface area contributed by atoms with Gasteiger partial charge in [-0.1, -0.05) is 182 Å². The van der Waals surface area contributed by atoms with E-state index in [1.165, 1.54) is 71.6 Å². The third-order valence-electron chi connectivity index (χ3n) is 11.2. The van der Waals surface area contributed by atoms with Gasteiger partial charge in [-0.05, 0) is 101 Å². The number of hydrogen-bond donors (Lipinski definition) is 0. The molecule has 9 aromatic carbocycles. The van der Waals surface area contributed by atoms with Crippen LogP contribution in [0.3, 0.4) is 0 Å². The molecule has 0 aliphatic heterocycles. The lowest BCUT2D eigenvalue weighted by atomic mass is 9.90. The molecule has 0 fully saturated rings. The second kappa shape index (κ2) is 13.2. The average molecular weight is 711 g/mol. The Kier molecular flexibility index (Phi) is 7.53. The highest BCUT2D eigenvalue weighted by Crippen LogP contribution is 2.49. The Bertz CT molecular complexity index is 3020. The van der Waals surface area contributed by atoms with Crippen molar-refractivity contribution in [1.82, 2.24) is 9.97 Å². The monoisotopic (exact) mass is 710 g/mol. The van der Waals surface area contributed by atoms with Gasteiger partial charge in [-0.2, -0.15) is 0 Å². The molecular formula is C54H34N2. The molecule has 260 valence electrons. The summed E-state index contributed by atoms with van der Waals surface area (Å²) in [6, 6.07) is 74.0. The van der Waals surface area contributed by atoms with Gasteiger partial charge in [-0.25, -0.2) is 9.97 Å². The van der Waals surface area contributed by atoms with Gasteiger partial charge < -0.3 is 0 Å². The van der Waals surface area contributed by atoms with Gasteiger partial charge in [-0.15, -0.1) is 0 Å². The van der Waals surface area contributed by atoms with E-state index in [4.69, 9.17) is 9.97 Å². The topological polar surface area (TPSA) is 25.8 Å². The van der Waals surface area contributed by atoms with Crippen molar-refractivity contribution in [2.45, 2.75) is 0 Å². The molecular weight excluding hydrogens is 677 g/mol. The lowest BCUT2D eigenvalue weighted by molar-refractivity contribution is 1.18. The van der Waals surface area contributed by atoms with Crippen LogP contribution in [0.25, 0.3) is 111 Å². The summed E-state index contributed by atoms with van der Waals surface area (Å²) in [5.74, 6) is 0.708. The number of rotatable bonds is 6. The van der Waals surface area contributed by atoms with E-state index < -0.39 is 0 Å². The van der Waals surface area contributed by atoms with Crippen LogP contribution in [-0.2, 0) is 0 Å². The highest BCUT2D eigenvalue weighted by molar-refractivity contribution is 6.18. The zero-order chi connectivity index (χ0) is 37.0. The van der Waals surface area contributed by atoms with Gasteiger partial charge in [0, 0.05) is 16.7 Å². The molecule has 2 nitrogen and oxygen atoms in total. The lowest BCUT2D eigenvalue weighted by Gasteiger charge is -2.14. The molecule has 1 heterocycles. The zero-order valence-electron chi connectivity index (χ0n) is 30.5. The first-order valence-corrected chi connectivity index (χ1v) is 19.1. The van der Waals surface area contributed by atoms with Crippen LogP contribution in [0.15, 0.2) is 206 Å². The first kappa shape index (κ1) is 32.0. The van der Waals surface area contributed by atoms with Gasteiger partial charge in [0.25, 0.3) is 0 Å². The summed E-state index contributed by atoms with van der Waals surface area (Å²) in [5, 5.41) is 5.09. The third-order valence-corrected chi connectivity index (χ3v) is 11.2. The van der Waals surface area contributed by atoms with Gasteiger partial charge in [0.15, 0.2) is 5.82 Å². The Morgan fingerprint density at radius 2 is 0.768 bits per heavy atom. The Balaban J connectivity index is 0.991. The molecule has 2 heteroatoms. The van der Waals surface area contributed by atoms with Crippen molar-refractivity contribution in [3.05, 3.63) is 206 Å². The van der Waals surface area contributed by atoms with Gasteiger partial charge in [0.2, 0.25) is 0 Å². The fraction of sp³-hybridized carbons (Fsp3) is 0. The van der Waals surface area contributed by atoms with Gasteiger partial charge in [0.05, 0.1) is 11.4 Å².